The number of nitrogens with zero attached hydrogens (tertiary/aromatic N) is 1. The van der Waals surface area contributed by atoms with Crippen LogP contribution in [-0.4, -0.2) is 16.0 Å². The molecule has 0 aliphatic rings. The minimum absolute atomic E-state index is 0.0338. The van der Waals surface area contributed by atoms with Crippen LogP contribution in [0.4, 0.5) is 5.82 Å². The van der Waals surface area contributed by atoms with E-state index in [1.54, 1.807) is 6.07 Å². The normalized spacial score (nSPS) is 10.1. The molecule has 2 rings (SSSR count). The molecule has 18 heavy (non-hydrogen) atoms. The molecular weight excluding hydrogens is 343 g/mol. The number of benzene rings is 1. The molecule has 5 heteroatoms. The van der Waals surface area contributed by atoms with Crippen molar-refractivity contribution in [2.45, 2.75) is 6.42 Å². The number of hydrogen-bond donors (Lipinski definition) is 2. The topological polar surface area (TPSA) is 62.2 Å². The van der Waals surface area contributed by atoms with Gasteiger partial charge in [-0.1, -0.05) is 12.1 Å². The van der Waals surface area contributed by atoms with E-state index in [0.717, 1.165) is 9.13 Å². The van der Waals surface area contributed by atoms with Gasteiger partial charge in [0.2, 0.25) is 5.91 Å². The SMILES string of the molecule is O=C(Cc1ccc(I)cc1)Nc1ncccc1O. The van der Waals surface area contributed by atoms with Gasteiger partial charge >= 0.3 is 0 Å². The Kier molecular flexibility index (Phi) is 4.14. The predicted molar refractivity (Wildman–Crippen MR) is 77.4 cm³/mol. The predicted octanol–water partition coefficient (Wildman–Crippen LogP) is 2.57. The molecule has 4 nitrogen and oxygen atoms in total. The van der Waals surface area contributed by atoms with Crippen LogP contribution in [0.5, 0.6) is 5.75 Å². The van der Waals surface area contributed by atoms with Crippen LogP contribution in [0.3, 0.4) is 0 Å². The highest BCUT2D eigenvalue weighted by Crippen LogP contribution is 2.18. The Morgan fingerprint density at radius 3 is 2.67 bits per heavy atom. The van der Waals surface area contributed by atoms with Gasteiger partial charge in [0.05, 0.1) is 6.42 Å². The van der Waals surface area contributed by atoms with Crippen LogP contribution in [0.2, 0.25) is 0 Å². The quantitative estimate of drug-likeness (QED) is 0.833. The van der Waals surface area contributed by atoms with Gasteiger partial charge in [-0.2, -0.15) is 0 Å². The summed E-state index contributed by atoms with van der Waals surface area (Å²) in [6.45, 7) is 0. The highest BCUT2D eigenvalue weighted by Gasteiger charge is 2.07. The van der Waals surface area contributed by atoms with Crippen molar-refractivity contribution >= 4 is 34.3 Å². The molecule has 0 bridgehead atoms. The average molecular weight is 354 g/mol. The van der Waals surface area contributed by atoms with Crippen molar-refractivity contribution in [1.82, 2.24) is 4.98 Å². The molecular formula is C13H11IN2O2. The third-order valence-corrected chi connectivity index (χ3v) is 3.04. The number of hydrogen-bond acceptors (Lipinski definition) is 3. The fourth-order valence-electron chi connectivity index (χ4n) is 1.46. The van der Waals surface area contributed by atoms with E-state index in [2.05, 4.69) is 32.9 Å². The Balaban J connectivity index is 2.01. The minimum atomic E-state index is -0.204. The first-order valence-corrected chi connectivity index (χ1v) is 6.41. The van der Waals surface area contributed by atoms with E-state index in [4.69, 9.17) is 0 Å². The maximum absolute atomic E-state index is 11.8. The summed E-state index contributed by atoms with van der Waals surface area (Å²) >= 11 is 2.21. The number of aromatic nitrogens is 1. The zero-order valence-corrected chi connectivity index (χ0v) is 11.6. The van der Waals surface area contributed by atoms with Gasteiger partial charge in [0, 0.05) is 9.77 Å². The number of carbonyl (C=O) groups is 1. The Labute approximate surface area is 118 Å². The molecule has 0 aliphatic carbocycles. The Bertz CT molecular complexity index is 555. The van der Waals surface area contributed by atoms with Gasteiger partial charge in [-0.15, -0.1) is 0 Å². The molecule has 1 aromatic carbocycles. The number of pyridine rings is 1. The minimum Gasteiger partial charge on any atom is -0.504 e. The summed E-state index contributed by atoms with van der Waals surface area (Å²) in [5.41, 5.74) is 0.920. The second-order valence-electron chi connectivity index (χ2n) is 3.72. The lowest BCUT2D eigenvalue weighted by Crippen LogP contribution is -2.15. The highest BCUT2D eigenvalue weighted by molar-refractivity contribution is 14.1. The molecule has 0 saturated heterocycles. The molecule has 0 radical (unpaired) electrons. The molecule has 0 atom stereocenters. The molecule has 1 heterocycles. The van der Waals surface area contributed by atoms with E-state index in [0.29, 0.717) is 0 Å². The van der Waals surface area contributed by atoms with Crippen LogP contribution in [-0.2, 0) is 11.2 Å². The van der Waals surface area contributed by atoms with Crippen LogP contribution < -0.4 is 5.32 Å². The Morgan fingerprint density at radius 1 is 1.28 bits per heavy atom. The van der Waals surface area contributed by atoms with E-state index in [1.807, 2.05) is 24.3 Å². The number of carbonyl (C=O) groups excluding carboxylic acids is 1. The summed E-state index contributed by atoms with van der Waals surface area (Å²) in [6, 6.07) is 10.8. The van der Waals surface area contributed by atoms with Crippen molar-refractivity contribution in [1.29, 1.82) is 0 Å². The van der Waals surface area contributed by atoms with Gasteiger partial charge in [0.15, 0.2) is 11.6 Å². The second-order valence-corrected chi connectivity index (χ2v) is 4.97. The molecule has 2 N–H and O–H groups in total. The summed E-state index contributed by atoms with van der Waals surface area (Å²) in [5.74, 6) is -0.0494. The van der Waals surface area contributed by atoms with Gasteiger partial charge in [-0.3, -0.25) is 4.79 Å². The Morgan fingerprint density at radius 2 is 2.00 bits per heavy atom. The van der Waals surface area contributed by atoms with Gasteiger partial charge in [-0.05, 0) is 52.4 Å². The van der Waals surface area contributed by atoms with Gasteiger partial charge in [-0.25, -0.2) is 4.98 Å². The van der Waals surface area contributed by atoms with Crippen molar-refractivity contribution in [3.63, 3.8) is 0 Å². The van der Waals surface area contributed by atoms with Crippen molar-refractivity contribution in [3.8, 4) is 5.75 Å². The first-order valence-electron chi connectivity index (χ1n) is 5.33. The fourth-order valence-corrected chi connectivity index (χ4v) is 1.82. The maximum atomic E-state index is 11.8. The number of halogens is 1. The average Bonchev–Trinajstić information content (AvgIpc) is 2.35. The second kappa shape index (κ2) is 5.81. The van der Waals surface area contributed by atoms with Crippen LogP contribution in [0, 0.1) is 3.57 Å². The smallest absolute Gasteiger partial charge is 0.230 e. The number of anilines is 1. The monoisotopic (exact) mass is 354 g/mol. The Hall–Kier alpha value is -1.63. The van der Waals surface area contributed by atoms with Crippen LogP contribution in [0.1, 0.15) is 5.56 Å². The number of nitrogens with one attached hydrogen (secondary N) is 1. The zero-order valence-electron chi connectivity index (χ0n) is 9.43. The lowest BCUT2D eigenvalue weighted by Gasteiger charge is -2.06. The van der Waals surface area contributed by atoms with E-state index < -0.39 is 0 Å². The largest absolute Gasteiger partial charge is 0.504 e. The molecule has 0 fully saturated rings. The molecule has 0 spiro atoms. The summed E-state index contributed by atoms with van der Waals surface area (Å²) < 4.78 is 1.12. The van der Waals surface area contributed by atoms with Crippen molar-refractivity contribution in [2.75, 3.05) is 5.32 Å². The first kappa shape index (κ1) is 12.8. The number of aromatic hydroxyl groups is 1. The van der Waals surface area contributed by atoms with E-state index in [9.17, 15) is 9.90 Å². The van der Waals surface area contributed by atoms with Gasteiger partial charge in [0.1, 0.15) is 0 Å². The highest BCUT2D eigenvalue weighted by atomic mass is 127. The summed E-state index contributed by atoms with van der Waals surface area (Å²) in [5, 5.41) is 12.1. The van der Waals surface area contributed by atoms with Gasteiger partial charge < -0.3 is 10.4 Å². The summed E-state index contributed by atoms with van der Waals surface area (Å²) in [7, 11) is 0. The van der Waals surface area contributed by atoms with Gasteiger partial charge in [0.25, 0.3) is 0 Å². The van der Waals surface area contributed by atoms with Crippen LogP contribution in [0.15, 0.2) is 42.6 Å². The van der Waals surface area contributed by atoms with E-state index in [-0.39, 0.29) is 23.9 Å². The van der Waals surface area contributed by atoms with Crippen LogP contribution in [0.25, 0.3) is 0 Å². The van der Waals surface area contributed by atoms with E-state index in [1.165, 1.54) is 12.3 Å². The fraction of sp³-hybridized carbons (Fsp3) is 0.0769. The zero-order chi connectivity index (χ0) is 13.0. The maximum Gasteiger partial charge on any atom is 0.230 e. The molecule has 1 amide bonds. The summed E-state index contributed by atoms with van der Waals surface area (Å²) in [4.78, 5) is 15.6. The molecule has 92 valence electrons. The van der Waals surface area contributed by atoms with Crippen LogP contribution >= 0.6 is 22.6 Å². The third kappa shape index (κ3) is 3.43. The third-order valence-electron chi connectivity index (χ3n) is 2.32. The molecule has 2 aromatic rings. The molecule has 0 saturated carbocycles. The number of rotatable bonds is 3. The molecule has 0 unspecified atom stereocenters. The molecule has 0 aliphatic heterocycles. The lowest BCUT2D eigenvalue weighted by molar-refractivity contribution is -0.115. The number of amides is 1. The first-order chi connectivity index (χ1) is 8.65. The van der Waals surface area contributed by atoms with E-state index >= 15 is 0 Å². The van der Waals surface area contributed by atoms with Crippen molar-refractivity contribution < 1.29 is 9.90 Å². The lowest BCUT2D eigenvalue weighted by atomic mass is 10.1. The molecule has 1 aromatic heterocycles. The standard InChI is InChI=1S/C13H11IN2O2/c14-10-5-3-9(4-6-10)8-12(18)16-13-11(17)2-1-7-15-13/h1-7,17H,8H2,(H,15,16,18). The van der Waals surface area contributed by atoms with Crippen molar-refractivity contribution in [2.24, 2.45) is 0 Å². The van der Waals surface area contributed by atoms with Crippen molar-refractivity contribution in [3.05, 3.63) is 51.7 Å². The summed E-state index contributed by atoms with van der Waals surface area (Å²) in [6.07, 6.45) is 1.77.